The summed E-state index contributed by atoms with van der Waals surface area (Å²) in [5.41, 5.74) is 0.863. The van der Waals surface area contributed by atoms with Gasteiger partial charge in [0, 0.05) is 0 Å². The van der Waals surface area contributed by atoms with E-state index in [0.717, 1.165) is 15.5 Å². The van der Waals surface area contributed by atoms with Crippen molar-refractivity contribution in [2.75, 3.05) is 5.33 Å². The van der Waals surface area contributed by atoms with Gasteiger partial charge in [-0.25, -0.2) is 9.50 Å². The van der Waals surface area contributed by atoms with E-state index < -0.39 is 0 Å². The highest BCUT2D eigenvalue weighted by Crippen LogP contribution is 2.21. The van der Waals surface area contributed by atoms with E-state index in [4.69, 9.17) is 0 Å². The van der Waals surface area contributed by atoms with E-state index in [9.17, 15) is 4.79 Å². The van der Waals surface area contributed by atoms with Crippen molar-refractivity contribution < 1.29 is 4.79 Å². The van der Waals surface area contributed by atoms with Gasteiger partial charge in [0.05, 0.1) is 15.9 Å². The number of rotatable bonds is 2. The number of carbonyl (C=O) groups excluding carboxylic acids is 1. The molecule has 0 atom stereocenters. The fourth-order valence-corrected chi connectivity index (χ4v) is 2.55. The molecule has 2 rings (SSSR count). The van der Waals surface area contributed by atoms with Crippen LogP contribution in [0.25, 0.3) is 4.96 Å². The Morgan fingerprint density at radius 3 is 3.15 bits per heavy atom. The van der Waals surface area contributed by atoms with E-state index in [1.807, 2.05) is 6.92 Å². The molecule has 4 nitrogen and oxygen atoms in total. The quantitative estimate of drug-likeness (QED) is 0.609. The van der Waals surface area contributed by atoms with Gasteiger partial charge in [-0.1, -0.05) is 27.3 Å². The van der Waals surface area contributed by atoms with E-state index in [-0.39, 0.29) is 5.78 Å². The molecule has 0 unspecified atom stereocenters. The molecular weight excluding hydrogens is 254 g/mol. The topological polar surface area (TPSA) is 47.3 Å². The Balaban J connectivity index is 2.64. The number of alkyl halides is 1. The zero-order chi connectivity index (χ0) is 9.42. The van der Waals surface area contributed by atoms with Gasteiger partial charge in [-0.05, 0) is 6.92 Å². The van der Waals surface area contributed by atoms with Gasteiger partial charge in [-0.2, -0.15) is 5.10 Å². The summed E-state index contributed by atoms with van der Waals surface area (Å²) in [6, 6.07) is 0. The summed E-state index contributed by atoms with van der Waals surface area (Å²) in [6.45, 7) is 1.87. The zero-order valence-electron chi connectivity index (χ0n) is 6.82. The van der Waals surface area contributed by atoms with Crippen LogP contribution in [0, 0.1) is 6.92 Å². The summed E-state index contributed by atoms with van der Waals surface area (Å²) in [7, 11) is 0. The van der Waals surface area contributed by atoms with Gasteiger partial charge in [0.1, 0.15) is 6.33 Å². The highest BCUT2D eigenvalue weighted by atomic mass is 79.9. The molecule has 6 heteroatoms. The number of hydrogen-bond acceptors (Lipinski definition) is 4. The van der Waals surface area contributed by atoms with Crippen molar-refractivity contribution >= 4 is 38.0 Å². The molecule has 0 amide bonds. The van der Waals surface area contributed by atoms with Crippen LogP contribution in [0.15, 0.2) is 6.33 Å². The maximum absolute atomic E-state index is 11.4. The number of aromatic nitrogens is 3. The number of carbonyl (C=O) groups is 1. The molecule has 2 aromatic rings. The molecule has 0 bridgehead atoms. The lowest BCUT2D eigenvalue weighted by atomic mass is 10.3. The first-order chi connectivity index (χ1) is 6.24. The third-order valence-corrected chi connectivity index (χ3v) is 3.43. The van der Waals surface area contributed by atoms with Crippen molar-refractivity contribution in [1.29, 1.82) is 0 Å². The Morgan fingerprint density at radius 2 is 2.54 bits per heavy atom. The standard InChI is InChI=1S/C7H6BrN3OS/c1-4-6(5(12)2-8)13-7-9-3-10-11(4)7/h3H,2H2,1H3. The first-order valence-corrected chi connectivity index (χ1v) is 5.56. The molecule has 0 saturated carbocycles. The van der Waals surface area contributed by atoms with Crippen LogP contribution in [0.5, 0.6) is 0 Å². The number of hydrogen-bond donors (Lipinski definition) is 0. The molecule has 2 heterocycles. The monoisotopic (exact) mass is 259 g/mol. The van der Waals surface area contributed by atoms with E-state index in [2.05, 4.69) is 26.0 Å². The third-order valence-electron chi connectivity index (χ3n) is 1.73. The lowest BCUT2D eigenvalue weighted by Crippen LogP contribution is -2.00. The van der Waals surface area contributed by atoms with Crippen molar-refractivity contribution in [3.05, 3.63) is 16.9 Å². The summed E-state index contributed by atoms with van der Waals surface area (Å²) in [6.07, 6.45) is 1.49. The number of fused-ring (bicyclic) bond motifs is 1. The molecule has 0 aliphatic rings. The van der Waals surface area contributed by atoms with E-state index in [1.165, 1.54) is 17.7 Å². The van der Waals surface area contributed by atoms with Crippen LogP contribution in [-0.2, 0) is 0 Å². The van der Waals surface area contributed by atoms with Crippen molar-refractivity contribution in [1.82, 2.24) is 14.6 Å². The third kappa shape index (κ3) is 1.30. The van der Waals surface area contributed by atoms with Gasteiger partial charge in [-0.3, -0.25) is 4.79 Å². The number of nitrogens with zero attached hydrogens (tertiary/aromatic N) is 3. The van der Waals surface area contributed by atoms with Crippen LogP contribution in [0.1, 0.15) is 15.4 Å². The lowest BCUT2D eigenvalue weighted by molar-refractivity contribution is 0.102. The molecule has 0 spiro atoms. The predicted octanol–water partition coefficient (Wildman–Crippen LogP) is 1.68. The SMILES string of the molecule is Cc1c(C(=O)CBr)sc2ncnn12. The molecule has 0 fully saturated rings. The number of thiazole rings is 1. The van der Waals surface area contributed by atoms with Crippen LogP contribution >= 0.6 is 27.3 Å². The Kier molecular flexibility index (Phi) is 2.17. The predicted molar refractivity (Wildman–Crippen MR) is 53.7 cm³/mol. The maximum atomic E-state index is 11.4. The largest absolute Gasteiger partial charge is 0.292 e. The van der Waals surface area contributed by atoms with Gasteiger partial charge < -0.3 is 0 Å². The van der Waals surface area contributed by atoms with Crippen LogP contribution < -0.4 is 0 Å². The molecule has 13 heavy (non-hydrogen) atoms. The Bertz CT molecular complexity index is 461. The van der Waals surface area contributed by atoms with Crippen LogP contribution in [-0.4, -0.2) is 25.7 Å². The highest BCUT2D eigenvalue weighted by molar-refractivity contribution is 9.09. The molecular formula is C7H6BrN3OS. The molecule has 0 aromatic carbocycles. The number of halogens is 1. The van der Waals surface area contributed by atoms with E-state index >= 15 is 0 Å². The fraction of sp³-hybridized carbons (Fsp3) is 0.286. The normalized spacial score (nSPS) is 10.9. The summed E-state index contributed by atoms with van der Waals surface area (Å²) >= 11 is 4.51. The minimum atomic E-state index is 0.0785. The maximum Gasteiger partial charge on any atom is 0.212 e. The molecule has 0 aliphatic heterocycles. The van der Waals surface area contributed by atoms with Gasteiger partial charge >= 0.3 is 0 Å². The van der Waals surface area contributed by atoms with Crippen molar-refractivity contribution in [3.63, 3.8) is 0 Å². The van der Waals surface area contributed by atoms with E-state index in [0.29, 0.717) is 5.33 Å². The Hall–Kier alpha value is -0.750. The first-order valence-electron chi connectivity index (χ1n) is 3.62. The molecule has 0 saturated heterocycles. The molecule has 2 aromatic heterocycles. The summed E-state index contributed by atoms with van der Waals surface area (Å²) in [5.74, 6) is 0.0785. The van der Waals surface area contributed by atoms with Gasteiger partial charge in [0.2, 0.25) is 4.96 Å². The molecule has 0 N–H and O–H groups in total. The lowest BCUT2D eigenvalue weighted by Gasteiger charge is -1.92. The van der Waals surface area contributed by atoms with Crippen molar-refractivity contribution in [2.24, 2.45) is 0 Å². The summed E-state index contributed by atoms with van der Waals surface area (Å²) in [4.78, 5) is 16.9. The molecule has 68 valence electrons. The second kappa shape index (κ2) is 3.19. The molecule has 0 aliphatic carbocycles. The number of aryl methyl sites for hydroxylation is 1. The second-order valence-electron chi connectivity index (χ2n) is 2.53. The van der Waals surface area contributed by atoms with Crippen LogP contribution in [0.3, 0.4) is 0 Å². The Labute approximate surface area is 86.7 Å². The van der Waals surface area contributed by atoms with Crippen LogP contribution in [0.4, 0.5) is 0 Å². The fourth-order valence-electron chi connectivity index (χ4n) is 1.11. The van der Waals surface area contributed by atoms with Gasteiger partial charge in [0.25, 0.3) is 0 Å². The minimum Gasteiger partial charge on any atom is -0.292 e. The molecule has 0 radical (unpaired) electrons. The Morgan fingerprint density at radius 1 is 1.77 bits per heavy atom. The average Bonchev–Trinajstić information content (AvgIpc) is 2.68. The highest BCUT2D eigenvalue weighted by Gasteiger charge is 2.15. The van der Waals surface area contributed by atoms with Gasteiger partial charge in [-0.15, -0.1) is 0 Å². The van der Waals surface area contributed by atoms with Crippen molar-refractivity contribution in [2.45, 2.75) is 6.92 Å². The zero-order valence-corrected chi connectivity index (χ0v) is 9.22. The summed E-state index contributed by atoms with van der Waals surface area (Å²) < 4.78 is 1.68. The average molecular weight is 260 g/mol. The minimum absolute atomic E-state index is 0.0785. The summed E-state index contributed by atoms with van der Waals surface area (Å²) in [5, 5.41) is 4.35. The second-order valence-corrected chi connectivity index (χ2v) is 4.07. The van der Waals surface area contributed by atoms with Crippen molar-refractivity contribution in [3.8, 4) is 0 Å². The first kappa shape index (κ1) is 8.83. The van der Waals surface area contributed by atoms with E-state index in [1.54, 1.807) is 4.52 Å². The number of ketones is 1. The van der Waals surface area contributed by atoms with Gasteiger partial charge in [0.15, 0.2) is 5.78 Å². The van der Waals surface area contributed by atoms with Crippen LogP contribution in [0.2, 0.25) is 0 Å². The smallest absolute Gasteiger partial charge is 0.212 e. The number of Topliss-reactive ketones (excluding diaryl/α,β-unsaturated/α-hetero) is 1.